The van der Waals surface area contributed by atoms with Crippen LogP contribution < -0.4 is 24.8 Å². The molecule has 0 aromatic heterocycles. The molecule has 0 unspecified atom stereocenters. The van der Waals surface area contributed by atoms with Crippen LogP contribution in [0, 0.1) is 5.92 Å². The molecule has 1 aromatic rings. The molecule has 0 heterocycles. The maximum absolute atomic E-state index is 13.5. The molecule has 16 heteroatoms. The monoisotopic (exact) mass is 770 g/mol. The van der Waals surface area contributed by atoms with Crippen LogP contribution in [0.2, 0.25) is 14.8 Å². The Hall–Kier alpha value is -4.02. The summed E-state index contributed by atoms with van der Waals surface area (Å²) < 4.78 is 15.0. The molecule has 0 saturated carbocycles. The number of amides is 4. The number of aldehydes is 1. The van der Waals surface area contributed by atoms with Crippen LogP contribution >= 0.6 is 0 Å². The summed E-state index contributed by atoms with van der Waals surface area (Å²) in [6, 6.07) is 1.66. The number of carbonyl (C=O) groups excluding carboxylic acids is 8. The molecule has 0 saturated heterocycles. The van der Waals surface area contributed by atoms with Crippen molar-refractivity contribution in [3.8, 4) is 0 Å². The number of hydrogen-bond acceptors (Lipinski definition) is 11. The number of hydrogen-bond donors (Lipinski definition) is 4. The maximum atomic E-state index is 13.5. The van der Waals surface area contributed by atoms with Crippen LogP contribution in [0.15, 0.2) is 24.3 Å². The topological polar surface area (TPSA) is 212 Å². The van der Waals surface area contributed by atoms with Crippen molar-refractivity contribution < 1.29 is 52.6 Å². The summed E-state index contributed by atoms with van der Waals surface area (Å²) in [7, 11) is 3.38. The average Bonchev–Trinajstić information content (AvgIpc) is 3.03. The van der Waals surface area contributed by atoms with E-state index in [0.29, 0.717) is 6.29 Å². The standard InChI is InChI=1S/C28H37N4O11.3CH3.Sn/c1-16(2)24(28(40)29-18(15-33)13-22(35)42-4)32-26(38)19(11-12-21(34)41-3)30-27(39)20(14-23(36)43-5)31-25(37)17-9-7-6-8-10-17;;;;/h6-7,9-10,15-16,18-20,24H,11-14H2,1-5H3,(H,29,40)(H,30,39)(H,31,37)(H,32,38);3*1H3;/t18-,19-,20-,24-;;;;/m0..../s1. The summed E-state index contributed by atoms with van der Waals surface area (Å²) in [6.45, 7) is 3.23. The Morgan fingerprint density at radius 1 is 0.745 bits per heavy atom. The van der Waals surface area contributed by atoms with Gasteiger partial charge in [0, 0.05) is 0 Å². The van der Waals surface area contributed by atoms with Crippen LogP contribution in [0.5, 0.6) is 0 Å². The van der Waals surface area contributed by atoms with E-state index in [1.165, 1.54) is 0 Å². The molecule has 0 bridgehead atoms. The fourth-order valence-corrected chi connectivity index (χ4v) is 7.57. The predicted molar refractivity (Wildman–Crippen MR) is 172 cm³/mol. The molecule has 4 N–H and O–H groups in total. The second-order valence-corrected chi connectivity index (χ2v) is 26.6. The Morgan fingerprint density at radius 2 is 1.32 bits per heavy atom. The SMILES string of the molecule is COC(=O)CC[C@H](NC(=O)[C@H](CC(=O)OC)NC(=O)c1ccc[c]([Sn]([CH3])([CH3])[CH3])c1)C(=O)N[C@H](C(=O)N[C@H](C=O)CC(=O)OC)C(C)C. The molecule has 0 fully saturated rings. The summed E-state index contributed by atoms with van der Waals surface area (Å²) in [4.78, 5) is 107. The molecule has 0 spiro atoms. The second-order valence-electron chi connectivity index (χ2n) is 12.1. The van der Waals surface area contributed by atoms with E-state index in [-0.39, 0.29) is 18.4 Å². The van der Waals surface area contributed by atoms with Crippen LogP contribution in [0.25, 0.3) is 0 Å². The van der Waals surface area contributed by atoms with Crippen molar-refractivity contribution in [1.82, 2.24) is 21.3 Å². The Labute approximate surface area is 278 Å². The van der Waals surface area contributed by atoms with Crippen molar-refractivity contribution in [1.29, 1.82) is 0 Å². The Balaban J connectivity index is 3.28. The quantitative estimate of drug-likeness (QED) is 0.0660. The fraction of sp³-hybridized carbons (Fsp3) is 0.548. The van der Waals surface area contributed by atoms with E-state index < -0.39 is 103 Å². The molecule has 4 amide bonds. The second kappa shape index (κ2) is 19.6. The molecule has 0 aliphatic rings. The van der Waals surface area contributed by atoms with Gasteiger partial charge in [0.05, 0.1) is 26.7 Å². The molecule has 47 heavy (non-hydrogen) atoms. The molecule has 4 atom stereocenters. The molecule has 15 nitrogen and oxygen atoms in total. The summed E-state index contributed by atoms with van der Waals surface area (Å²) in [6.07, 6.45) is -1.22. The minimum atomic E-state index is -2.57. The van der Waals surface area contributed by atoms with E-state index in [0.717, 1.165) is 24.9 Å². The number of methoxy groups -OCH3 is 3. The third kappa shape index (κ3) is 14.1. The van der Waals surface area contributed by atoms with Gasteiger partial charge in [0.25, 0.3) is 0 Å². The van der Waals surface area contributed by atoms with Gasteiger partial charge in [-0.2, -0.15) is 0 Å². The van der Waals surface area contributed by atoms with Gasteiger partial charge in [-0.15, -0.1) is 0 Å². The third-order valence-electron chi connectivity index (χ3n) is 7.06. The molecule has 260 valence electrons. The fourth-order valence-electron chi connectivity index (χ4n) is 4.19. The zero-order valence-corrected chi connectivity index (χ0v) is 30.9. The first-order valence-corrected chi connectivity index (χ1v) is 24.9. The predicted octanol–water partition coefficient (Wildman–Crippen LogP) is -0.281. The van der Waals surface area contributed by atoms with Crippen molar-refractivity contribution in [3.05, 3.63) is 29.8 Å². The van der Waals surface area contributed by atoms with Crippen LogP contribution in [-0.4, -0.2) is 112 Å². The minimum Gasteiger partial charge on any atom is -0.469 e. The Kier molecular flexibility index (Phi) is 17.1. The number of carbonyl (C=O) groups is 8. The normalized spacial score (nSPS) is 13.6. The van der Waals surface area contributed by atoms with Crippen LogP contribution in [0.1, 0.15) is 49.9 Å². The first kappa shape index (κ1) is 41.0. The number of esters is 3. The van der Waals surface area contributed by atoms with Crippen molar-refractivity contribution in [2.24, 2.45) is 5.92 Å². The van der Waals surface area contributed by atoms with Gasteiger partial charge in [-0.05, 0) is 5.92 Å². The van der Waals surface area contributed by atoms with Gasteiger partial charge < -0.3 is 19.6 Å². The first-order valence-electron chi connectivity index (χ1n) is 15.0. The van der Waals surface area contributed by atoms with Gasteiger partial charge in [-0.3, -0.25) is 14.4 Å². The van der Waals surface area contributed by atoms with Crippen molar-refractivity contribution in [2.75, 3.05) is 21.3 Å². The van der Waals surface area contributed by atoms with Gasteiger partial charge >= 0.3 is 187 Å². The molecule has 0 aliphatic heterocycles. The van der Waals surface area contributed by atoms with Crippen molar-refractivity contribution in [2.45, 2.75) is 78.5 Å². The summed E-state index contributed by atoms with van der Waals surface area (Å²) in [5.74, 6) is -5.98. The van der Waals surface area contributed by atoms with Gasteiger partial charge in [-0.25, -0.2) is 0 Å². The first-order chi connectivity index (χ1) is 22.0. The Morgan fingerprint density at radius 3 is 1.85 bits per heavy atom. The molecular weight excluding hydrogens is 723 g/mol. The van der Waals surface area contributed by atoms with Gasteiger partial charge in [0.15, 0.2) is 0 Å². The number of ether oxygens (including phenoxy) is 3. The van der Waals surface area contributed by atoms with E-state index >= 15 is 0 Å². The van der Waals surface area contributed by atoms with Gasteiger partial charge in [0.2, 0.25) is 5.91 Å². The number of nitrogens with one attached hydrogen (secondary N) is 4. The van der Waals surface area contributed by atoms with E-state index in [1.807, 2.05) is 6.07 Å². The van der Waals surface area contributed by atoms with E-state index in [1.54, 1.807) is 32.0 Å². The van der Waals surface area contributed by atoms with Crippen molar-refractivity contribution in [3.63, 3.8) is 0 Å². The Bertz CT molecular complexity index is 1310. The molecule has 0 radical (unpaired) electrons. The zero-order valence-electron chi connectivity index (χ0n) is 28.1. The van der Waals surface area contributed by atoms with E-state index in [9.17, 15) is 38.4 Å². The van der Waals surface area contributed by atoms with E-state index in [4.69, 9.17) is 4.74 Å². The van der Waals surface area contributed by atoms with E-state index in [2.05, 4.69) is 45.6 Å². The molecule has 0 aliphatic carbocycles. The average molecular weight is 769 g/mol. The van der Waals surface area contributed by atoms with Crippen LogP contribution in [0.3, 0.4) is 0 Å². The van der Waals surface area contributed by atoms with Crippen LogP contribution in [0.4, 0.5) is 0 Å². The summed E-state index contributed by atoms with van der Waals surface area (Å²) in [5.41, 5.74) is 0.281. The van der Waals surface area contributed by atoms with Crippen molar-refractivity contribution >= 4 is 69.8 Å². The molecule has 1 aromatic carbocycles. The van der Waals surface area contributed by atoms with Gasteiger partial charge in [-0.1, -0.05) is 13.8 Å². The summed E-state index contributed by atoms with van der Waals surface area (Å²) >= 11 is -2.57. The van der Waals surface area contributed by atoms with Crippen LogP contribution in [-0.2, 0) is 47.8 Å². The number of rotatable bonds is 18. The minimum absolute atomic E-state index is 0.268. The number of benzene rings is 1. The smallest absolute Gasteiger partial charge is 0.469 e. The molecule has 1 rings (SSSR count). The van der Waals surface area contributed by atoms with Gasteiger partial charge in [0.1, 0.15) is 6.29 Å². The third-order valence-corrected chi connectivity index (χ3v) is 12.9. The zero-order chi connectivity index (χ0) is 35.9. The molecular formula is C31H46N4O11Sn. The summed E-state index contributed by atoms with van der Waals surface area (Å²) in [5, 5.41) is 9.89.